The van der Waals surface area contributed by atoms with E-state index in [9.17, 15) is 17.2 Å². The van der Waals surface area contributed by atoms with Crippen LogP contribution in [0.25, 0.3) is 0 Å². The van der Waals surface area contributed by atoms with Gasteiger partial charge < -0.3 is 5.73 Å². The molecular weight excluding hydrogens is 250 g/mol. The number of hydrogen-bond acceptors (Lipinski definition) is 3. The molecule has 0 spiro atoms. The normalized spacial score (nSPS) is 18.1. The molecule has 2 rings (SSSR count). The van der Waals surface area contributed by atoms with E-state index in [-0.39, 0.29) is 6.54 Å². The van der Waals surface area contributed by atoms with Gasteiger partial charge in [0.25, 0.3) is 0 Å². The summed E-state index contributed by atoms with van der Waals surface area (Å²) in [6.07, 6.45) is 1.22. The van der Waals surface area contributed by atoms with Crippen LogP contribution in [0.4, 0.5) is 8.78 Å². The minimum atomic E-state index is -4.07. The third-order valence-corrected chi connectivity index (χ3v) is 4.37. The van der Waals surface area contributed by atoms with Gasteiger partial charge in [0.05, 0.1) is 0 Å². The van der Waals surface area contributed by atoms with E-state index in [1.165, 1.54) is 0 Å². The van der Waals surface area contributed by atoms with Gasteiger partial charge in [-0.05, 0) is 31.0 Å². The molecule has 17 heavy (non-hydrogen) atoms. The molecule has 0 heterocycles. The van der Waals surface area contributed by atoms with Crippen LogP contribution in [0.2, 0.25) is 0 Å². The number of hydrogen-bond donors (Lipinski definition) is 2. The number of benzene rings is 1. The van der Waals surface area contributed by atoms with Gasteiger partial charge in [-0.2, -0.15) is 0 Å². The lowest BCUT2D eigenvalue weighted by molar-refractivity contribution is 0.525. The van der Waals surface area contributed by atoms with Crippen molar-refractivity contribution >= 4 is 10.0 Å². The molecule has 0 aliphatic heterocycles. The van der Waals surface area contributed by atoms with Gasteiger partial charge in [0, 0.05) is 12.1 Å². The molecule has 0 unspecified atom stereocenters. The number of nitrogens with two attached hydrogens (primary N) is 1. The zero-order valence-electron chi connectivity index (χ0n) is 8.91. The second-order valence-corrected chi connectivity index (χ2v) is 5.82. The summed E-state index contributed by atoms with van der Waals surface area (Å²) in [4.78, 5) is -0.683. The fourth-order valence-corrected chi connectivity index (χ4v) is 3.08. The van der Waals surface area contributed by atoms with Gasteiger partial charge in [-0.15, -0.1) is 0 Å². The Morgan fingerprint density at radius 3 is 2.53 bits per heavy atom. The molecule has 3 N–H and O–H groups in total. The Hall–Kier alpha value is -1.05. The SMILES string of the molecule is NCC1(NS(=O)(=O)c2cc(F)ccc2F)CC1. The van der Waals surface area contributed by atoms with Gasteiger partial charge in [-0.1, -0.05) is 0 Å². The standard InChI is InChI=1S/C10H12F2N2O2S/c11-7-1-2-8(12)9(5-7)17(15,16)14-10(6-13)3-4-10/h1-2,5,14H,3-4,6,13H2. The van der Waals surface area contributed by atoms with E-state index in [0.717, 1.165) is 12.1 Å². The molecule has 4 nitrogen and oxygen atoms in total. The topological polar surface area (TPSA) is 72.2 Å². The van der Waals surface area contributed by atoms with Crippen molar-refractivity contribution < 1.29 is 17.2 Å². The van der Waals surface area contributed by atoms with Gasteiger partial charge in [0.15, 0.2) is 0 Å². The van der Waals surface area contributed by atoms with Crippen LogP contribution in [0.15, 0.2) is 23.1 Å². The molecule has 0 saturated heterocycles. The Labute approximate surface area is 97.9 Å². The average molecular weight is 262 g/mol. The molecule has 1 aromatic carbocycles. The number of nitrogens with one attached hydrogen (secondary N) is 1. The highest BCUT2D eigenvalue weighted by atomic mass is 32.2. The molecule has 1 saturated carbocycles. The fraction of sp³-hybridized carbons (Fsp3) is 0.400. The minimum Gasteiger partial charge on any atom is -0.329 e. The molecule has 1 fully saturated rings. The molecule has 0 radical (unpaired) electrons. The maximum absolute atomic E-state index is 13.3. The lowest BCUT2D eigenvalue weighted by Crippen LogP contribution is -2.42. The lowest BCUT2D eigenvalue weighted by Gasteiger charge is -2.15. The van der Waals surface area contributed by atoms with Crippen LogP contribution in [-0.2, 0) is 10.0 Å². The van der Waals surface area contributed by atoms with Crippen molar-refractivity contribution in [2.24, 2.45) is 5.73 Å². The first-order chi connectivity index (χ1) is 7.88. The van der Waals surface area contributed by atoms with Crippen molar-refractivity contribution in [3.63, 3.8) is 0 Å². The molecule has 0 amide bonds. The van der Waals surface area contributed by atoms with Crippen LogP contribution in [0, 0.1) is 11.6 Å². The smallest absolute Gasteiger partial charge is 0.244 e. The van der Waals surface area contributed by atoms with Gasteiger partial charge in [0.1, 0.15) is 16.5 Å². The zero-order chi connectivity index (χ0) is 12.7. The first kappa shape index (κ1) is 12.4. The second-order valence-electron chi connectivity index (χ2n) is 4.16. The Morgan fingerprint density at radius 1 is 1.35 bits per heavy atom. The van der Waals surface area contributed by atoms with Crippen molar-refractivity contribution in [3.05, 3.63) is 29.8 Å². The summed E-state index contributed by atoms with van der Waals surface area (Å²) < 4.78 is 52.3. The predicted octanol–water partition coefficient (Wildman–Crippen LogP) is 0.734. The van der Waals surface area contributed by atoms with Gasteiger partial charge >= 0.3 is 0 Å². The zero-order valence-corrected chi connectivity index (χ0v) is 9.73. The molecule has 0 bridgehead atoms. The van der Waals surface area contributed by atoms with Crippen LogP contribution >= 0.6 is 0 Å². The molecule has 1 aromatic rings. The number of rotatable bonds is 4. The third-order valence-electron chi connectivity index (χ3n) is 2.78. The monoisotopic (exact) mass is 262 g/mol. The highest BCUT2D eigenvalue weighted by Crippen LogP contribution is 2.35. The number of sulfonamides is 1. The van der Waals surface area contributed by atoms with E-state index >= 15 is 0 Å². The molecule has 0 atom stereocenters. The minimum absolute atomic E-state index is 0.142. The Bertz CT molecular complexity index is 541. The summed E-state index contributed by atoms with van der Waals surface area (Å²) in [6, 6.07) is 2.31. The summed E-state index contributed by atoms with van der Waals surface area (Å²) in [5, 5.41) is 0. The third kappa shape index (κ3) is 2.46. The summed E-state index contributed by atoms with van der Waals surface area (Å²) in [5.74, 6) is -1.78. The molecule has 0 aromatic heterocycles. The molecule has 7 heteroatoms. The predicted molar refractivity (Wildman–Crippen MR) is 57.7 cm³/mol. The number of halogens is 2. The molecule has 94 valence electrons. The lowest BCUT2D eigenvalue weighted by atomic mass is 10.3. The maximum Gasteiger partial charge on any atom is 0.244 e. The first-order valence-corrected chi connectivity index (χ1v) is 6.56. The van der Waals surface area contributed by atoms with Gasteiger partial charge in [-0.25, -0.2) is 21.9 Å². The van der Waals surface area contributed by atoms with E-state index in [1.54, 1.807) is 0 Å². The molecular formula is C10H12F2N2O2S. The van der Waals surface area contributed by atoms with Gasteiger partial charge in [0.2, 0.25) is 10.0 Å². The quantitative estimate of drug-likeness (QED) is 0.840. The fourth-order valence-electron chi connectivity index (χ4n) is 1.52. The Morgan fingerprint density at radius 2 is 2.00 bits per heavy atom. The van der Waals surface area contributed by atoms with Gasteiger partial charge in [-0.3, -0.25) is 0 Å². The molecule has 1 aliphatic rings. The van der Waals surface area contributed by atoms with Crippen molar-refractivity contribution in [2.75, 3.05) is 6.54 Å². The summed E-state index contributed by atoms with van der Waals surface area (Å²) in [5.41, 5.74) is 4.74. The van der Waals surface area contributed by atoms with Crippen LogP contribution in [-0.4, -0.2) is 20.5 Å². The van der Waals surface area contributed by atoms with Crippen molar-refractivity contribution in [1.82, 2.24) is 4.72 Å². The highest BCUT2D eigenvalue weighted by Gasteiger charge is 2.45. The van der Waals surface area contributed by atoms with Crippen LogP contribution < -0.4 is 10.5 Å². The Balaban J connectivity index is 2.35. The van der Waals surface area contributed by atoms with Crippen molar-refractivity contribution in [1.29, 1.82) is 0 Å². The second kappa shape index (κ2) is 4.01. The average Bonchev–Trinajstić information content (AvgIpc) is 3.01. The van der Waals surface area contributed by atoms with Crippen LogP contribution in [0.3, 0.4) is 0 Å². The van der Waals surface area contributed by atoms with Crippen molar-refractivity contribution in [2.45, 2.75) is 23.3 Å². The molecule has 1 aliphatic carbocycles. The van der Waals surface area contributed by atoms with Crippen LogP contribution in [0.1, 0.15) is 12.8 Å². The summed E-state index contributed by atoms with van der Waals surface area (Å²) >= 11 is 0. The highest BCUT2D eigenvalue weighted by molar-refractivity contribution is 7.89. The summed E-state index contributed by atoms with van der Waals surface area (Å²) in [7, 11) is -4.07. The van der Waals surface area contributed by atoms with E-state index in [4.69, 9.17) is 5.73 Å². The Kier molecular flexibility index (Phi) is 2.92. The first-order valence-electron chi connectivity index (χ1n) is 5.08. The van der Waals surface area contributed by atoms with Crippen molar-refractivity contribution in [3.8, 4) is 0 Å². The van der Waals surface area contributed by atoms with E-state index in [1.807, 2.05) is 0 Å². The van der Waals surface area contributed by atoms with E-state index in [2.05, 4.69) is 4.72 Å². The van der Waals surface area contributed by atoms with Crippen LogP contribution in [0.5, 0.6) is 0 Å². The largest absolute Gasteiger partial charge is 0.329 e. The maximum atomic E-state index is 13.3. The summed E-state index contributed by atoms with van der Waals surface area (Å²) in [6.45, 7) is 0.142. The van der Waals surface area contributed by atoms with E-state index < -0.39 is 32.1 Å². The van der Waals surface area contributed by atoms with E-state index in [0.29, 0.717) is 18.9 Å².